The Labute approximate surface area is 151 Å². The molecule has 0 spiro atoms. The lowest BCUT2D eigenvalue weighted by atomic mass is 10.2. The standard InChI is InChI=1S/C18H21N3O3S/c1-21(2)14(17-5-4-8-25-17)11-20-18(22)12-24-15-7-6-13(10-19)9-16(15)23-3/h4-9,14H,11-12H2,1-3H3,(H,20,22). The van der Waals surface area contributed by atoms with Crippen molar-refractivity contribution in [3.05, 3.63) is 46.2 Å². The van der Waals surface area contributed by atoms with E-state index in [-0.39, 0.29) is 18.6 Å². The van der Waals surface area contributed by atoms with Gasteiger partial charge in [0.1, 0.15) is 0 Å². The van der Waals surface area contributed by atoms with E-state index in [1.807, 2.05) is 31.6 Å². The van der Waals surface area contributed by atoms with Crippen LogP contribution in [0.1, 0.15) is 16.5 Å². The predicted octanol–water partition coefficient (Wildman–Crippen LogP) is 2.43. The monoisotopic (exact) mass is 359 g/mol. The van der Waals surface area contributed by atoms with Crippen LogP contribution in [0.25, 0.3) is 0 Å². The molecule has 0 bridgehead atoms. The van der Waals surface area contributed by atoms with Gasteiger partial charge < -0.3 is 19.7 Å². The molecule has 1 aromatic heterocycles. The van der Waals surface area contributed by atoms with Gasteiger partial charge in [-0.15, -0.1) is 11.3 Å². The SMILES string of the molecule is COc1cc(C#N)ccc1OCC(=O)NCC(c1cccs1)N(C)C. The molecule has 2 aromatic rings. The number of ether oxygens (including phenoxy) is 2. The molecule has 1 amide bonds. The number of rotatable bonds is 8. The smallest absolute Gasteiger partial charge is 0.258 e. The van der Waals surface area contributed by atoms with E-state index in [2.05, 4.69) is 16.3 Å². The van der Waals surface area contributed by atoms with E-state index in [9.17, 15) is 4.79 Å². The van der Waals surface area contributed by atoms with E-state index < -0.39 is 0 Å². The van der Waals surface area contributed by atoms with Crippen LogP contribution >= 0.6 is 11.3 Å². The van der Waals surface area contributed by atoms with Crippen molar-refractivity contribution in [2.45, 2.75) is 6.04 Å². The molecule has 132 valence electrons. The molecule has 0 fully saturated rings. The number of hydrogen-bond donors (Lipinski definition) is 1. The van der Waals surface area contributed by atoms with Gasteiger partial charge >= 0.3 is 0 Å². The van der Waals surface area contributed by atoms with E-state index in [1.54, 1.807) is 29.5 Å². The van der Waals surface area contributed by atoms with Crippen molar-refractivity contribution in [1.82, 2.24) is 10.2 Å². The number of amides is 1. The van der Waals surface area contributed by atoms with Gasteiger partial charge in [0.05, 0.1) is 24.8 Å². The number of thiophene rings is 1. The largest absolute Gasteiger partial charge is 0.493 e. The van der Waals surface area contributed by atoms with Gasteiger partial charge in [0.15, 0.2) is 18.1 Å². The fraction of sp³-hybridized carbons (Fsp3) is 0.333. The molecular formula is C18H21N3O3S. The highest BCUT2D eigenvalue weighted by atomic mass is 32.1. The third kappa shape index (κ3) is 5.21. The number of likely N-dealkylation sites (N-methyl/N-ethyl adjacent to an activating group) is 1. The summed E-state index contributed by atoms with van der Waals surface area (Å²) >= 11 is 1.66. The van der Waals surface area contributed by atoms with E-state index in [0.29, 0.717) is 23.6 Å². The Balaban J connectivity index is 1.89. The Morgan fingerprint density at radius 2 is 2.16 bits per heavy atom. The van der Waals surface area contributed by atoms with Crippen molar-refractivity contribution in [1.29, 1.82) is 5.26 Å². The topological polar surface area (TPSA) is 74.6 Å². The molecule has 7 heteroatoms. The average Bonchev–Trinajstić information content (AvgIpc) is 3.13. The van der Waals surface area contributed by atoms with Crippen molar-refractivity contribution in [2.75, 3.05) is 34.4 Å². The molecular weight excluding hydrogens is 338 g/mol. The molecule has 1 N–H and O–H groups in total. The maximum atomic E-state index is 12.1. The summed E-state index contributed by atoms with van der Waals surface area (Å²) in [5, 5.41) is 13.8. The lowest BCUT2D eigenvalue weighted by molar-refractivity contribution is -0.123. The summed E-state index contributed by atoms with van der Waals surface area (Å²) < 4.78 is 10.7. The van der Waals surface area contributed by atoms with Crippen LogP contribution < -0.4 is 14.8 Å². The summed E-state index contributed by atoms with van der Waals surface area (Å²) in [5.74, 6) is 0.644. The van der Waals surface area contributed by atoms with Crippen LogP contribution in [0, 0.1) is 11.3 Å². The second-order valence-electron chi connectivity index (χ2n) is 5.57. The zero-order valence-electron chi connectivity index (χ0n) is 14.5. The van der Waals surface area contributed by atoms with E-state index in [0.717, 1.165) is 0 Å². The van der Waals surface area contributed by atoms with Gasteiger partial charge in [-0.3, -0.25) is 4.79 Å². The second kappa shape index (κ2) is 9.06. The van der Waals surface area contributed by atoms with E-state index in [4.69, 9.17) is 14.7 Å². The first-order chi connectivity index (χ1) is 12.0. The second-order valence-corrected chi connectivity index (χ2v) is 6.54. The predicted molar refractivity (Wildman–Crippen MR) is 97.0 cm³/mol. The highest BCUT2D eigenvalue weighted by Crippen LogP contribution is 2.27. The molecule has 0 radical (unpaired) electrons. The maximum absolute atomic E-state index is 12.1. The number of nitriles is 1. The number of nitrogens with zero attached hydrogens (tertiary/aromatic N) is 2. The summed E-state index contributed by atoms with van der Waals surface area (Å²) in [6, 6.07) is 11.0. The van der Waals surface area contributed by atoms with Gasteiger partial charge in [0, 0.05) is 17.5 Å². The van der Waals surface area contributed by atoms with Crippen molar-refractivity contribution < 1.29 is 14.3 Å². The minimum atomic E-state index is -0.213. The third-order valence-electron chi connectivity index (χ3n) is 3.64. The quantitative estimate of drug-likeness (QED) is 0.783. The molecule has 1 aromatic carbocycles. The van der Waals surface area contributed by atoms with Gasteiger partial charge in [0.25, 0.3) is 5.91 Å². The molecule has 0 aliphatic heterocycles. The molecule has 1 unspecified atom stereocenters. The first kappa shape index (κ1) is 18.8. The van der Waals surface area contributed by atoms with Crippen molar-refractivity contribution in [3.8, 4) is 17.6 Å². The first-order valence-electron chi connectivity index (χ1n) is 7.72. The van der Waals surface area contributed by atoms with Crippen molar-refractivity contribution >= 4 is 17.2 Å². The first-order valence-corrected chi connectivity index (χ1v) is 8.60. The number of methoxy groups -OCH3 is 1. The molecule has 1 atom stereocenters. The lowest BCUT2D eigenvalue weighted by Crippen LogP contribution is -2.36. The Kier molecular flexibility index (Phi) is 6.81. The molecule has 25 heavy (non-hydrogen) atoms. The molecule has 0 aliphatic rings. The highest BCUT2D eigenvalue weighted by Gasteiger charge is 2.16. The van der Waals surface area contributed by atoms with E-state index >= 15 is 0 Å². The molecule has 6 nitrogen and oxygen atoms in total. The van der Waals surface area contributed by atoms with Crippen LogP contribution in [-0.4, -0.2) is 45.2 Å². The molecule has 1 heterocycles. The number of hydrogen-bond acceptors (Lipinski definition) is 6. The Hall–Kier alpha value is -2.56. The summed E-state index contributed by atoms with van der Waals surface area (Å²) in [6.07, 6.45) is 0. The Morgan fingerprint density at radius 1 is 1.36 bits per heavy atom. The zero-order valence-corrected chi connectivity index (χ0v) is 15.3. The van der Waals surface area contributed by atoms with Gasteiger partial charge in [0.2, 0.25) is 0 Å². The molecule has 0 saturated heterocycles. The summed E-state index contributed by atoms with van der Waals surface area (Å²) in [5.41, 5.74) is 0.471. The summed E-state index contributed by atoms with van der Waals surface area (Å²) in [6.45, 7) is 0.382. The summed E-state index contributed by atoms with van der Waals surface area (Å²) in [7, 11) is 5.45. The van der Waals surface area contributed by atoms with Crippen molar-refractivity contribution in [3.63, 3.8) is 0 Å². The average molecular weight is 359 g/mol. The number of carbonyl (C=O) groups is 1. The molecule has 0 aliphatic carbocycles. The van der Waals surface area contributed by atoms with Crippen LogP contribution in [0.4, 0.5) is 0 Å². The maximum Gasteiger partial charge on any atom is 0.258 e. The Bertz CT molecular complexity index is 739. The van der Waals surface area contributed by atoms with Crippen molar-refractivity contribution in [2.24, 2.45) is 0 Å². The molecule has 2 rings (SSSR count). The van der Waals surface area contributed by atoms with Gasteiger partial charge in [-0.1, -0.05) is 6.07 Å². The normalized spacial score (nSPS) is 11.6. The fourth-order valence-electron chi connectivity index (χ4n) is 2.28. The lowest BCUT2D eigenvalue weighted by Gasteiger charge is -2.23. The minimum absolute atomic E-state index is 0.118. The highest BCUT2D eigenvalue weighted by molar-refractivity contribution is 7.10. The fourth-order valence-corrected chi connectivity index (χ4v) is 3.20. The number of carbonyl (C=O) groups excluding carboxylic acids is 1. The van der Waals surface area contributed by atoms with Crippen LogP contribution in [0.15, 0.2) is 35.7 Å². The van der Waals surface area contributed by atoms with Gasteiger partial charge in [-0.25, -0.2) is 0 Å². The van der Waals surface area contributed by atoms with Crippen LogP contribution in [-0.2, 0) is 4.79 Å². The van der Waals surface area contributed by atoms with Crippen LogP contribution in [0.2, 0.25) is 0 Å². The Morgan fingerprint density at radius 3 is 2.76 bits per heavy atom. The van der Waals surface area contributed by atoms with Gasteiger partial charge in [-0.2, -0.15) is 5.26 Å². The zero-order chi connectivity index (χ0) is 18.2. The summed E-state index contributed by atoms with van der Waals surface area (Å²) in [4.78, 5) is 15.4. The molecule has 0 saturated carbocycles. The third-order valence-corrected chi connectivity index (χ3v) is 4.61. The number of benzene rings is 1. The van der Waals surface area contributed by atoms with E-state index in [1.165, 1.54) is 12.0 Å². The number of nitrogens with one attached hydrogen (secondary N) is 1. The van der Waals surface area contributed by atoms with Gasteiger partial charge in [-0.05, 0) is 37.7 Å². The minimum Gasteiger partial charge on any atom is -0.493 e. The van der Waals surface area contributed by atoms with Crippen LogP contribution in [0.3, 0.4) is 0 Å². The van der Waals surface area contributed by atoms with Crippen LogP contribution in [0.5, 0.6) is 11.5 Å².